The number of hydrogen-bond acceptors (Lipinski definition) is 5. The number of benzene rings is 2. The number of nitrogens with zero attached hydrogens (tertiary/aromatic N) is 4. The van der Waals surface area contributed by atoms with Crippen molar-refractivity contribution in [3.05, 3.63) is 67.1 Å². The fourth-order valence-corrected chi connectivity index (χ4v) is 3.97. The Labute approximate surface area is 189 Å². The number of ether oxygens (including phenoxy) is 1. The molecule has 0 aliphatic carbocycles. The molecule has 4 rings (SSSR count). The van der Waals surface area contributed by atoms with Crippen molar-refractivity contribution in [3.8, 4) is 22.6 Å². The van der Waals surface area contributed by atoms with E-state index < -0.39 is 0 Å². The Bertz CT molecular complexity index is 1130. The molecule has 2 aromatic heterocycles. The minimum atomic E-state index is 0.652. The van der Waals surface area contributed by atoms with Crippen LogP contribution >= 0.6 is 0 Å². The zero-order chi connectivity index (χ0) is 22.3. The van der Waals surface area contributed by atoms with E-state index in [0.717, 1.165) is 65.6 Å². The Kier molecular flexibility index (Phi) is 7.02. The Morgan fingerprint density at radius 2 is 1.69 bits per heavy atom. The van der Waals surface area contributed by atoms with Gasteiger partial charge in [0.1, 0.15) is 17.9 Å². The van der Waals surface area contributed by atoms with E-state index in [4.69, 9.17) is 4.74 Å². The minimum absolute atomic E-state index is 0.652. The number of nitrogens with one attached hydrogen (secondary N) is 1. The number of likely N-dealkylation sites (N-methyl/N-ethyl adjacent to an activating group) is 1. The van der Waals surface area contributed by atoms with Crippen LogP contribution in [0.25, 0.3) is 27.8 Å². The van der Waals surface area contributed by atoms with Crippen LogP contribution in [0.3, 0.4) is 0 Å². The van der Waals surface area contributed by atoms with Crippen molar-refractivity contribution in [2.24, 2.45) is 0 Å². The van der Waals surface area contributed by atoms with Crippen molar-refractivity contribution in [1.29, 1.82) is 0 Å². The van der Waals surface area contributed by atoms with Gasteiger partial charge in [0.15, 0.2) is 5.65 Å². The topological polar surface area (TPSA) is 55.2 Å². The van der Waals surface area contributed by atoms with Crippen LogP contribution in [0, 0.1) is 0 Å². The highest BCUT2D eigenvalue weighted by Crippen LogP contribution is 2.35. The van der Waals surface area contributed by atoms with Gasteiger partial charge in [0.05, 0.1) is 12.0 Å². The maximum absolute atomic E-state index is 5.61. The van der Waals surface area contributed by atoms with Crippen molar-refractivity contribution in [2.45, 2.75) is 20.8 Å². The molecule has 0 spiro atoms. The molecular weight excluding hydrogens is 398 g/mol. The van der Waals surface area contributed by atoms with Gasteiger partial charge in [-0.25, -0.2) is 9.97 Å². The van der Waals surface area contributed by atoms with Gasteiger partial charge < -0.3 is 19.5 Å². The lowest BCUT2D eigenvalue weighted by molar-refractivity contribution is 0.316. The van der Waals surface area contributed by atoms with E-state index >= 15 is 0 Å². The van der Waals surface area contributed by atoms with Gasteiger partial charge in [-0.3, -0.25) is 0 Å². The molecule has 0 aliphatic heterocycles. The third-order valence-electron chi connectivity index (χ3n) is 5.71. The predicted molar refractivity (Wildman–Crippen MR) is 132 cm³/mol. The van der Waals surface area contributed by atoms with Gasteiger partial charge in [-0.05, 0) is 49.8 Å². The molecule has 0 aliphatic rings. The molecule has 0 saturated heterocycles. The molecule has 4 aromatic rings. The summed E-state index contributed by atoms with van der Waals surface area (Å²) >= 11 is 0. The van der Waals surface area contributed by atoms with Gasteiger partial charge in [0.25, 0.3) is 0 Å². The largest absolute Gasteiger partial charge is 0.494 e. The predicted octanol–water partition coefficient (Wildman–Crippen LogP) is 5.24. The summed E-state index contributed by atoms with van der Waals surface area (Å²) in [6.07, 6.45) is 3.79. The van der Waals surface area contributed by atoms with Gasteiger partial charge in [0, 0.05) is 30.5 Å². The first-order valence-corrected chi connectivity index (χ1v) is 11.4. The standard InChI is InChI=1S/C26H31N5O/c1-4-30(5-2)17-16-27-25-24-23(20-10-8-7-9-11-20)18-31(26(24)29-19-28-25)21-12-14-22(15-13-21)32-6-3/h7-15,18-19H,4-6,16-17H2,1-3H3,(H,27,28,29). The van der Waals surface area contributed by atoms with Crippen LogP contribution in [0.1, 0.15) is 20.8 Å². The van der Waals surface area contributed by atoms with Crippen LogP contribution in [0.2, 0.25) is 0 Å². The molecule has 166 valence electrons. The van der Waals surface area contributed by atoms with Crippen molar-refractivity contribution < 1.29 is 4.74 Å². The van der Waals surface area contributed by atoms with Gasteiger partial charge in [-0.1, -0.05) is 44.2 Å². The highest BCUT2D eigenvalue weighted by Gasteiger charge is 2.17. The molecule has 0 fully saturated rings. The molecule has 0 atom stereocenters. The van der Waals surface area contributed by atoms with Crippen molar-refractivity contribution in [1.82, 2.24) is 19.4 Å². The smallest absolute Gasteiger partial charge is 0.150 e. The summed E-state index contributed by atoms with van der Waals surface area (Å²) in [5.41, 5.74) is 4.17. The summed E-state index contributed by atoms with van der Waals surface area (Å²) in [6, 6.07) is 18.5. The molecule has 0 bridgehead atoms. The monoisotopic (exact) mass is 429 g/mol. The fraction of sp³-hybridized carbons (Fsp3) is 0.308. The number of hydrogen-bond donors (Lipinski definition) is 1. The van der Waals surface area contributed by atoms with Crippen LogP contribution in [-0.2, 0) is 0 Å². The lowest BCUT2D eigenvalue weighted by atomic mass is 10.1. The number of fused-ring (bicyclic) bond motifs is 1. The van der Waals surface area contributed by atoms with Crippen LogP contribution in [-0.4, -0.2) is 52.2 Å². The van der Waals surface area contributed by atoms with Gasteiger partial charge in [-0.15, -0.1) is 0 Å². The third-order valence-corrected chi connectivity index (χ3v) is 5.71. The Hall–Kier alpha value is -3.38. The van der Waals surface area contributed by atoms with E-state index in [1.54, 1.807) is 6.33 Å². The van der Waals surface area contributed by atoms with E-state index in [1.165, 1.54) is 0 Å². The molecule has 32 heavy (non-hydrogen) atoms. The first-order valence-electron chi connectivity index (χ1n) is 11.4. The van der Waals surface area contributed by atoms with Crippen molar-refractivity contribution in [3.63, 3.8) is 0 Å². The maximum Gasteiger partial charge on any atom is 0.150 e. The number of anilines is 1. The van der Waals surface area contributed by atoms with Crippen molar-refractivity contribution in [2.75, 3.05) is 38.1 Å². The average molecular weight is 430 g/mol. The van der Waals surface area contributed by atoms with Crippen LogP contribution in [0.15, 0.2) is 67.1 Å². The molecule has 0 radical (unpaired) electrons. The summed E-state index contributed by atoms with van der Waals surface area (Å²) in [4.78, 5) is 11.7. The summed E-state index contributed by atoms with van der Waals surface area (Å²) in [6.45, 7) is 10.9. The zero-order valence-electron chi connectivity index (χ0n) is 19.1. The Balaban J connectivity index is 1.77. The third kappa shape index (κ3) is 4.60. The second kappa shape index (κ2) is 10.3. The molecule has 6 nitrogen and oxygen atoms in total. The van der Waals surface area contributed by atoms with E-state index in [2.05, 4.69) is 81.2 Å². The number of aromatic nitrogens is 3. The maximum atomic E-state index is 5.61. The van der Waals surface area contributed by atoms with Gasteiger partial charge >= 0.3 is 0 Å². The molecule has 6 heteroatoms. The van der Waals surface area contributed by atoms with E-state index in [0.29, 0.717) is 6.61 Å². The fourth-order valence-electron chi connectivity index (χ4n) is 3.97. The first kappa shape index (κ1) is 21.8. The normalized spacial score (nSPS) is 11.2. The summed E-state index contributed by atoms with van der Waals surface area (Å²) in [7, 11) is 0. The second-order valence-corrected chi connectivity index (χ2v) is 7.58. The average Bonchev–Trinajstić information content (AvgIpc) is 3.24. The van der Waals surface area contributed by atoms with E-state index in [1.807, 2.05) is 25.1 Å². The van der Waals surface area contributed by atoms with E-state index in [9.17, 15) is 0 Å². The zero-order valence-corrected chi connectivity index (χ0v) is 19.1. The summed E-state index contributed by atoms with van der Waals surface area (Å²) < 4.78 is 7.74. The van der Waals surface area contributed by atoms with Crippen LogP contribution < -0.4 is 10.1 Å². The Morgan fingerprint density at radius 1 is 0.938 bits per heavy atom. The highest BCUT2D eigenvalue weighted by atomic mass is 16.5. The van der Waals surface area contributed by atoms with Crippen molar-refractivity contribution >= 4 is 16.9 Å². The highest BCUT2D eigenvalue weighted by molar-refractivity contribution is 6.02. The molecule has 0 unspecified atom stereocenters. The molecule has 0 saturated carbocycles. The van der Waals surface area contributed by atoms with E-state index in [-0.39, 0.29) is 0 Å². The summed E-state index contributed by atoms with van der Waals surface area (Å²) in [5, 5.41) is 4.60. The number of rotatable bonds is 10. The molecule has 0 amide bonds. The molecule has 2 heterocycles. The van der Waals surface area contributed by atoms with Crippen LogP contribution in [0.5, 0.6) is 5.75 Å². The van der Waals surface area contributed by atoms with Gasteiger partial charge in [0.2, 0.25) is 0 Å². The molecule has 1 N–H and O–H groups in total. The molecule has 2 aromatic carbocycles. The molecular formula is C26H31N5O. The second-order valence-electron chi connectivity index (χ2n) is 7.58. The van der Waals surface area contributed by atoms with Gasteiger partial charge in [-0.2, -0.15) is 0 Å². The first-order chi connectivity index (χ1) is 15.7. The quantitative estimate of drug-likeness (QED) is 0.374. The Morgan fingerprint density at radius 3 is 2.38 bits per heavy atom. The minimum Gasteiger partial charge on any atom is -0.494 e. The lowest BCUT2D eigenvalue weighted by Crippen LogP contribution is -2.28. The lowest BCUT2D eigenvalue weighted by Gasteiger charge is -2.18. The SMILES string of the molecule is CCOc1ccc(-n2cc(-c3ccccc3)c3c(NCCN(CC)CC)ncnc32)cc1. The summed E-state index contributed by atoms with van der Waals surface area (Å²) in [5.74, 6) is 1.73. The van der Waals surface area contributed by atoms with Crippen LogP contribution in [0.4, 0.5) is 5.82 Å².